The fraction of sp³-hybridized carbons (Fsp3) is 0.111. The van der Waals surface area contributed by atoms with Crippen molar-refractivity contribution in [1.82, 2.24) is 9.91 Å². The number of nitrogens with zero attached hydrogens (tertiary/aromatic N) is 5. The molecule has 33 heavy (non-hydrogen) atoms. The number of ketones is 1. The van der Waals surface area contributed by atoms with Crippen LogP contribution in [-0.4, -0.2) is 39.4 Å². The highest BCUT2D eigenvalue weighted by Gasteiger charge is 2.48. The molecule has 0 fully saturated rings. The Morgan fingerprint density at radius 2 is 1.42 bits per heavy atom. The molecule has 0 N–H and O–H groups in total. The van der Waals surface area contributed by atoms with Crippen LogP contribution in [0, 0.1) is 0 Å². The van der Waals surface area contributed by atoms with Crippen molar-refractivity contribution in [2.75, 3.05) is 0 Å². The van der Waals surface area contributed by atoms with Crippen LogP contribution in [0.4, 0.5) is 0 Å². The fourth-order valence-electron chi connectivity index (χ4n) is 4.49. The third-order valence-corrected chi connectivity index (χ3v) is 6.01. The molecule has 0 aliphatic carbocycles. The summed E-state index contributed by atoms with van der Waals surface area (Å²) in [5.41, 5.74) is 4.65. The van der Waals surface area contributed by atoms with E-state index in [1.165, 1.54) is 0 Å². The van der Waals surface area contributed by atoms with E-state index in [1.54, 1.807) is 6.92 Å². The summed E-state index contributed by atoms with van der Waals surface area (Å²) in [4.78, 5) is 24.6. The molecule has 6 rings (SSSR count). The van der Waals surface area contributed by atoms with E-state index in [-0.39, 0.29) is 11.8 Å². The highest BCUT2D eigenvalue weighted by molar-refractivity contribution is 6.29. The van der Waals surface area contributed by atoms with Gasteiger partial charge >= 0.3 is 0 Å². The average molecular weight is 431 g/mol. The number of hydrogen-bond donors (Lipinski definition) is 0. The van der Waals surface area contributed by atoms with Gasteiger partial charge in [0.15, 0.2) is 5.78 Å². The highest BCUT2D eigenvalue weighted by atomic mass is 16.1. The van der Waals surface area contributed by atoms with E-state index in [0.717, 1.165) is 22.4 Å². The van der Waals surface area contributed by atoms with Crippen molar-refractivity contribution in [3.05, 3.63) is 114 Å². The van der Waals surface area contributed by atoms with E-state index in [0.29, 0.717) is 17.6 Å². The zero-order valence-corrected chi connectivity index (χ0v) is 18.0. The highest BCUT2D eigenvalue weighted by Crippen LogP contribution is 2.38. The van der Waals surface area contributed by atoms with Crippen molar-refractivity contribution < 1.29 is 4.79 Å². The molecule has 160 valence electrons. The molecule has 3 aromatic rings. The Bertz CT molecular complexity index is 1340. The first-order valence-electron chi connectivity index (χ1n) is 10.9. The van der Waals surface area contributed by atoms with Gasteiger partial charge < -0.3 is 0 Å². The number of carbonyl (C=O) groups is 1. The molecule has 6 nitrogen and oxygen atoms in total. The molecular formula is C27H21N5O. The zero-order chi connectivity index (χ0) is 22.4. The zero-order valence-electron chi connectivity index (χ0n) is 18.0. The van der Waals surface area contributed by atoms with Crippen molar-refractivity contribution in [2.45, 2.75) is 19.0 Å². The molecule has 6 heteroatoms. The first kappa shape index (κ1) is 19.4. The molecule has 2 atom stereocenters. The molecule has 0 saturated carbocycles. The number of rotatable bonds is 4. The molecule has 3 heterocycles. The largest absolute Gasteiger partial charge is 0.297 e. The fourth-order valence-corrected chi connectivity index (χ4v) is 4.49. The number of benzene rings is 3. The van der Waals surface area contributed by atoms with Gasteiger partial charge in [0.25, 0.3) is 5.96 Å². The summed E-state index contributed by atoms with van der Waals surface area (Å²) in [7, 11) is 0. The summed E-state index contributed by atoms with van der Waals surface area (Å²) < 4.78 is 0. The van der Waals surface area contributed by atoms with E-state index < -0.39 is 6.04 Å². The topological polar surface area (TPSA) is 60.6 Å². The van der Waals surface area contributed by atoms with E-state index in [9.17, 15) is 4.79 Å². The maximum absolute atomic E-state index is 12.9. The second-order valence-corrected chi connectivity index (χ2v) is 8.16. The second-order valence-electron chi connectivity index (χ2n) is 8.16. The maximum atomic E-state index is 12.9. The van der Waals surface area contributed by atoms with Gasteiger partial charge in [0, 0.05) is 5.56 Å². The minimum atomic E-state index is -0.568. The van der Waals surface area contributed by atoms with Crippen LogP contribution in [0.5, 0.6) is 0 Å². The summed E-state index contributed by atoms with van der Waals surface area (Å²) >= 11 is 0. The van der Waals surface area contributed by atoms with Crippen LogP contribution in [0.1, 0.15) is 29.7 Å². The molecule has 0 bridgehead atoms. The summed E-state index contributed by atoms with van der Waals surface area (Å²) in [6.07, 6.45) is 2.12. The normalized spacial score (nSPS) is 21.0. The monoisotopic (exact) mass is 431 g/mol. The number of hydrogen-bond acceptors (Lipinski definition) is 6. The standard InChI is InChI=1S/C27H21N5O/c1-18(33)25-24(21-15-9-4-10-16-21)29-26-30-32-23(20-13-7-3-8-14-20)17-22(28-27(32)31(25)26)19-11-5-2-6-12-19/h2-17,22,25H,1H3. The van der Waals surface area contributed by atoms with Crippen LogP contribution < -0.4 is 0 Å². The molecule has 0 aromatic heterocycles. The summed E-state index contributed by atoms with van der Waals surface area (Å²) in [5, 5.41) is 6.61. The predicted octanol–water partition coefficient (Wildman–Crippen LogP) is 4.49. The molecule has 3 aromatic carbocycles. The molecule has 0 spiro atoms. The third kappa shape index (κ3) is 3.19. The van der Waals surface area contributed by atoms with Gasteiger partial charge in [0.2, 0.25) is 5.96 Å². The van der Waals surface area contributed by atoms with E-state index in [4.69, 9.17) is 15.1 Å². The van der Waals surface area contributed by atoms with Gasteiger partial charge in [0.1, 0.15) is 6.04 Å². The lowest BCUT2D eigenvalue weighted by molar-refractivity contribution is -0.118. The third-order valence-electron chi connectivity index (χ3n) is 6.01. The van der Waals surface area contributed by atoms with Crippen LogP contribution in [0.25, 0.3) is 5.70 Å². The first-order chi connectivity index (χ1) is 16.2. The Morgan fingerprint density at radius 1 is 0.818 bits per heavy atom. The maximum Gasteiger partial charge on any atom is 0.251 e. The number of fused-ring (bicyclic) bond motifs is 3. The van der Waals surface area contributed by atoms with Crippen molar-refractivity contribution in [1.29, 1.82) is 0 Å². The summed E-state index contributed by atoms with van der Waals surface area (Å²) in [6.45, 7) is 1.60. The van der Waals surface area contributed by atoms with Gasteiger partial charge in [-0.3, -0.25) is 9.69 Å². The van der Waals surface area contributed by atoms with Crippen molar-refractivity contribution in [3.63, 3.8) is 0 Å². The molecule has 0 radical (unpaired) electrons. The minimum absolute atomic E-state index is 0.000529. The SMILES string of the molecule is CC(=O)C1C(c2ccccc2)=NC2=NN3C(c4ccccc4)=CC(c4ccccc4)N=C3N21. The van der Waals surface area contributed by atoms with Crippen molar-refractivity contribution >= 4 is 29.1 Å². The molecular weight excluding hydrogens is 410 g/mol. The Hall–Kier alpha value is -4.32. The van der Waals surface area contributed by atoms with Crippen molar-refractivity contribution in [3.8, 4) is 0 Å². The number of Topliss-reactive ketones (excluding diaryl/α,β-unsaturated/α-hetero) is 1. The summed E-state index contributed by atoms with van der Waals surface area (Å²) in [5.74, 6) is 1.11. The molecule has 0 saturated heterocycles. The average Bonchev–Trinajstić information content (AvgIpc) is 3.41. The minimum Gasteiger partial charge on any atom is -0.297 e. The first-order valence-corrected chi connectivity index (χ1v) is 10.9. The van der Waals surface area contributed by atoms with Crippen LogP contribution in [0.3, 0.4) is 0 Å². The van der Waals surface area contributed by atoms with Gasteiger partial charge in [-0.25, -0.2) is 9.98 Å². The van der Waals surface area contributed by atoms with Gasteiger partial charge in [-0.1, -0.05) is 91.0 Å². The Labute approximate surface area is 191 Å². The van der Waals surface area contributed by atoms with Crippen LogP contribution in [0.15, 0.2) is 112 Å². The van der Waals surface area contributed by atoms with Crippen LogP contribution in [0.2, 0.25) is 0 Å². The Kier molecular flexibility index (Phi) is 4.50. The lowest BCUT2D eigenvalue weighted by atomic mass is 9.99. The molecule has 3 aliphatic heterocycles. The smallest absolute Gasteiger partial charge is 0.251 e. The summed E-state index contributed by atoms with van der Waals surface area (Å²) in [6, 6.07) is 29.3. The van der Waals surface area contributed by atoms with Gasteiger partial charge in [0.05, 0.1) is 17.5 Å². The quantitative estimate of drug-likeness (QED) is 0.612. The van der Waals surface area contributed by atoms with Gasteiger partial charge in [-0.05, 0) is 24.1 Å². The Morgan fingerprint density at radius 3 is 2.06 bits per heavy atom. The number of guanidine groups is 2. The molecule has 2 unspecified atom stereocenters. The van der Waals surface area contributed by atoms with Gasteiger partial charge in [-0.2, -0.15) is 5.01 Å². The number of hydrazone groups is 1. The van der Waals surface area contributed by atoms with Crippen LogP contribution in [-0.2, 0) is 4.79 Å². The molecule has 3 aliphatic rings. The Balaban J connectivity index is 1.50. The number of carbonyl (C=O) groups excluding carboxylic acids is 1. The van der Waals surface area contributed by atoms with Crippen molar-refractivity contribution in [2.24, 2.45) is 15.1 Å². The second kappa shape index (κ2) is 7.67. The van der Waals surface area contributed by atoms with E-state index in [2.05, 4.69) is 30.3 Å². The van der Waals surface area contributed by atoms with Gasteiger partial charge in [-0.15, -0.1) is 5.10 Å². The lowest BCUT2D eigenvalue weighted by Crippen LogP contribution is -2.48. The van der Waals surface area contributed by atoms with E-state index >= 15 is 0 Å². The number of aliphatic imine (C=N–C) groups is 2. The predicted molar refractivity (Wildman–Crippen MR) is 130 cm³/mol. The molecule has 0 amide bonds. The van der Waals surface area contributed by atoms with E-state index in [1.807, 2.05) is 76.6 Å². The lowest BCUT2D eigenvalue weighted by Gasteiger charge is -2.30. The van der Waals surface area contributed by atoms with Crippen LogP contribution >= 0.6 is 0 Å².